The Bertz CT molecular complexity index is 490. The molecule has 20 heavy (non-hydrogen) atoms. The summed E-state index contributed by atoms with van der Waals surface area (Å²) < 4.78 is 2.32. The van der Waals surface area contributed by atoms with Gasteiger partial charge in [-0.05, 0) is 81.8 Å². The third kappa shape index (κ3) is 1.95. The van der Waals surface area contributed by atoms with E-state index in [-0.39, 0.29) is 0 Å². The molecule has 4 aliphatic carbocycles. The summed E-state index contributed by atoms with van der Waals surface area (Å²) >= 11 is 0. The summed E-state index contributed by atoms with van der Waals surface area (Å²) in [4.78, 5) is 0. The van der Waals surface area contributed by atoms with E-state index in [0.29, 0.717) is 5.54 Å². The van der Waals surface area contributed by atoms with E-state index in [4.69, 9.17) is 0 Å². The quantitative estimate of drug-likeness (QED) is 0.888. The van der Waals surface area contributed by atoms with Gasteiger partial charge in [0.1, 0.15) is 0 Å². The topological polar surface area (TPSA) is 17.0 Å². The molecule has 0 radical (unpaired) electrons. The fourth-order valence-corrected chi connectivity index (χ4v) is 5.72. The van der Waals surface area contributed by atoms with Crippen LogP contribution in [0.15, 0.2) is 6.07 Å². The lowest BCUT2D eigenvalue weighted by Crippen LogP contribution is -2.58. The Morgan fingerprint density at radius 1 is 1.10 bits per heavy atom. The smallest absolute Gasteiger partial charge is 0.0228 e. The maximum absolute atomic E-state index is 4.01. The standard InChI is InChI=1S/C18H28N2/c1-12-4-17(13(2)20(12)3)11-19-18-8-14-5-15(9-18)7-16(6-14)10-18/h4,14-16,19H,5-11H2,1-3H3. The minimum Gasteiger partial charge on any atom is -0.352 e. The molecule has 0 amide bonds. The Morgan fingerprint density at radius 2 is 1.65 bits per heavy atom. The van der Waals surface area contributed by atoms with Crippen LogP contribution in [0.5, 0.6) is 0 Å². The van der Waals surface area contributed by atoms with Gasteiger partial charge in [-0.1, -0.05) is 0 Å². The van der Waals surface area contributed by atoms with E-state index in [0.717, 1.165) is 24.3 Å². The number of rotatable bonds is 3. The van der Waals surface area contributed by atoms with Crippen LogP contribution in [0.3, 0.4) is 0 Å². The van der Waals surface area contributed by atoms with Gasteiger partial charge in [-0.2, -0.15) is 0 Å². The zero-order chi connectivity index (χ0) is 13.9. The van der Waals surface area contributed by atoms with Gasteiger partial charge in [0.2, 0.25) is 0 Å². The van der Waals surface area contributed by atoms with Crippen LogP contribution in [0.1, 0.15) is 55.5 Å². The molecular formula is C18H28N2. The average Bonchev–Trinajstić information content (AvgIpc) is 2.62. The highest BCUT2D eigenvalue weighted by Gasteiger charge is 2.50. The van der Waals surface area contributed by atoms with E-state index in [2.05, 4.69) is 36.8 Å². The lowest BCUT2D eigenvalue weighted by molar-refractivity contribution is -0.0206. The van der Waals surface area contributed by atoms with E-state index in [9.17, 15) is 0 Å². The Kier molecular flexibility index (Phi) is 2.82. The number of hydrogen-bond acceptors (Lipinski definition) is 1. The first kappa shape index (κ1) is 12.9. The maximum atomic E-state index is 4.01. The predicted molar refractivity (Wildman–Crippen MR) is 82.6 cm³/mol. The molecule has 1 aromatic heterocycles. The van der Waals surface area contributed by atoms with Gasteiger partial charge in [-0.3, -0.25) is 0 Å². The molecule has 0 saturated heterocycles. The average molecular weight is 272 g/mol. The molecule has 110 valence electrons. The molecule has 2 heteroatoms. The number of nitrogens with one attached hydrogen (secondary N) is 1. The van der Waals surface area contributed by atoms with Crippen molar-refractivity contribution >= 4 is 0 Å². The van der Waals surface area contributed by atoms with Crippen LogP contribution in [0.4, 0.5) is 0 Å². The van der Waals surface area contributed by atoms with Crippen molar-refractivity contribution < 1.29 is 0 Å². The zero-order valence-corrected chi connectivity index (χ0v) is 13.2. The molecule has 1 aromatic rings. The van der Waals surface area contributed by atoms with Crippen molar-refractivity contribution in [2.24, 2.45) is 24.8 Å². The summed E-state index contributed by atoms with van der Waals surface area (Å²) in [6.45, 7) is 5.53. The van der Waals surface area contributed by atoms with E-state index < -0.39 is 0 Å². The van der Waals surface area contributed by atoms with Crippen LogP contribution in [0.2, 0.25) is 0 Å². The zero-order valence-electron chi connectivity index (χ0n) is 13.2. The molecule has 4 aliphatic rings. The predicted octanol–water partition coefficient (Wildman–Crippen LogP) is 3.70. The van der Waals surface area contributed by atoms with E-state index in [1.807, 2.05) is 0 Å². The lowest BCUT2D eigenvalue weighted by atomic mass is 9.53. The Labute approximate surface area is 122 Å². The van der Waals surface area contributed by atoms with E-state index in [1.54, 1.807) is 0 Å². The molecular weight excluding hydrogens is 244 g/mol. The highest BCUT2D eigenvalue weighted by Crippen LogP contribution is 2.55. The van der Waals surface area contributed by atoms with E-state index in [1.165, 1.54) is 55.5 Å². The van der Waals surface area contributed by atoms with Crippen LogP contribution < -0.4 is 5.32 Å². The Hall–Kier alpha value is -0.760. The van der Waals surface area contributed by atoms with Crippen molar-refractivity contribution in [3.05, 3.63) is 23.0 Å². The van der Waals surface area contributed by atoms with Gasteiger partial charge >= 0.3 is 0 Å². The van der Waals surface area contributed by atoms with Crippen molar-refractivity contribution in [1.82, 2.24) is 9.88 Å². The van der Waals surface area contributed by atoms with Crippen LogP contribution >= 0.6 is 0 Å². The molecule has 5 rings (SSSR count). The van der Waals surface area contributed by atoms with Gasteiger partial charge in [0.15, 0.2) is 0 Å². The van der Waals surface area contributed by atoms with Gasteiger partial charge in [-0.15, -0.1) is 0 Å². The van der Waals surface area contributed by atoms with Crippen molar-refractivity contribution in [2.45, 2.75) is 64.5 Å². The van der Waals surface area contributed by atoms with Gasteiger partial charge in [0.25, 0.3) is 0 Å². The molecule has 0 aromatic carbocycles. The second-order valence-electron chi connectivity index (χ2n) is 8.01. The summed E-state index contributed by atoms with van der Waals surface area (Å²) in [6, 6.07) is 2.36. The summed E-state index contributed by atoms with van der Waals surface area (Å²) in [5.74, 6) is 3.10. The van der Waals surface area contributed by atoms with Crippen LogP contribution in [-0.2, 0) is 13.6 Å². The molecule has 0 aliphatic heterocycles. The monoisotopic (exact) mass is 272 g/mol. The SMILES string of the molecule is Cc1cc(CNC23CC4CC(CC(C4)C2)C3)c(C)n1C. The van der Waals surface area contributed by atoms with Crippen molar-refractivity contribution in [1.29, 1.82) is 0 Å². The van der Waals surface area contributed by atoms with Gasteiger partial charge in [0, 0.05) is 30.5 Å². The molecule has 4 bridgehead atoms. The number of nitrogens with zero attached hydrogens (tertiary/aromatic N) is 1. The fourth-order valence-electron chi connectivity index (χ4n) is 5.72. The largest absolute Gasteiger partial charge is 0.352 e. The first-order chi connectivity index (χ1) is 9.55. The van der Waals surface area contributed by atoms with Crippen molar-refractivity contribution in [3.8, 4) is 0 Å². The van der Waals surface area contributed by atoms with Crippen LogP contribution in [-0.4, -0.2) is 10.1 Å². The summed E-state index contributed by atoms with van der Waals surface area (Å²) in [5, 5.41) is 4.01. The molecule has 1 heterocycles. The molecule has 0 spiro atoms. The Balaban J connectivity index is 1.50. The second kappa shape index (κ2) is 4.37. The Morgan fingerprint density at radius 3 is 2.10 bits per heavy atom. The molecule has 4 fully saturated rings. The van der Waals surface area contributed by atoms with Crippen molar-refractivity contribution in [3.63, 3.8) is 0 Å². The third-order valence-electron chi connectivity index (χ3n) is 6.57. The first-order valence-electron chi connectivity index (χ1n) is 8.41. The number of hydrogen-bond donors (Lipinski definition) is 1. The van der Waals surface area contributed by atoms with Gasteiger partial charge in [-0.25, -0.2) is 0 Å². The minimum atomic E-state index is 0.491. The highest BCUT2D eigenvalue weighted by atomic mass is 15.0. The normalized spacial score (nSPS) is 38.6. The highest BCUT2D eigenvalue weighted by molar-refractivity contribution is 5.26. The third-order valence-corrected chi connectivity index (χ3v) is 6.57. The molecule has 0 atom stereocenters. The second-order valence-corrected chi connectivity index (χ2v) is 8.01. The number of aromatic nitrogens is 1. The molecule has 0 unspecified atom stereocenters. The van der Waals surface area contributed by atoms with E-state index >= 15 is 0 Å². The molecule has 4 saturated carbocycles. The fraction of sp³-hybridized carbons (Fsp3) is 0.778. The van der Waals surface area contributed by atoms with Gasteiger partial charge in [0.05, 0.1) is 0 Å². The molecule has 1 N–H and O–H groups in total. The molecule has 2 nitrogen and oxygen atoms in total. The van der Waals surface area contributed by atoms with Crippen LogP contribution in [0, 0.1) is 31.6 Å². The minimum absolute atomic E-state index is 0.491. The number of aryl methyl sites for hydroxylation is 1. The van der Waals surface area contributed by atoms with Gasteiger partial charge < -0.3 is 9.88 Å². The van der Waals surface area contributed by atoms with Crippen molar-refractivity contribution in [2.75, 3.05) is 0 Å². The summed E-state index contributed by atoms with van der Waals surface area (Å²) in [5.41, 5.74) is 4.80. The first-order valence-corrected chi connectivity index (χ1v) is 8.41. The van der Waals surface area contributed by atoms with Crippen LogP contribution in [0.25, 0.3) is 0 Å². The summed E-state index contributed by atoms with van der Waals surface area (Å²) in [6.07, 6.45) is 8.94. The lowest BCUT2D eigenvalue weighted by Gasteiger charge is -2.57. The maximum Gasteiger partial charge on any atom is 0.0228 e. The summed E-state index contributed by atoms with van der Waals surface area (Å²) in [7, 11) is 2.18.